The number of aryl methyl sites for hydroxylation is 4. The molecule has 7 aromatic rings. The Morgan fingerprint density at radius 2 is 1.04 bits per heavy atom. The molecule has 0 spiro atoms. The van der Waals surface area contributed by atoms with Gasteiger partial charge >= 0.3 is 0 Å². The smallest absolute Gasteiger partial charge is 0.227 e. The quantitative estimate of drug-likeness (QED) is 0.0746. The number of carbonyl (C=O) groups is 3. The SMILES string of the molecule is CCCCC(CC)C(=O)Nc1cc2cc(N(c3ccc(C)cc3)c3ccc(C)cc3)ccc2cc1C1=C(O)C(=c2cc3c(cc2NC(=O)C(CC)CCCC)=CC(N(c2ccc(C)cc2)c2ccc(C)cc2)C=C3)C1=O. The van der Waals surface area contributed by atoms with Crippen LogP contribution in [0.1, 0.15) is 112 Å². The number of Topliss-reactive ketones (excluding diaryl/α,β-unsaturated/α-hetero) is 1. The number of unbranched alkanes of at least 4 members (excludes halogenated alkanes) is 2. The maximum absolute atomic E-state index is 15.1. The summed E-state index contributed by atoms with van der Waals surface area (Å²) in [5.41, 5.74) is 12.1. The van der Waals surface area contributed by atoms with Crippen LogP contribution in [0.15, 0.2) is 151 Å². The minimum absolute atomic E-state index is 0.118. The van der Waals surface area contributed by atoms with Crippen molar-refractivity contribution >= 4 is 91.5 Å². The van der Waals surface area contributed by atoms with Crippen LogP contribution in [0.5, 0.6) is 0 Å². The summed E-state index contributed by atoms with van der Waals surface area (Å²) < 4.78 is 0. The molecule has 0 heterocycles. The van der Waals surface area contributed by atoms with Crippen molar-refractivity contribution in [3.8, 4) is 0 Å². The number of hydrogen-bond donors (Lipinski definition) is 3. The predicted octanol–water partition coefficient (Wildman–Crippen LogP) is 15.6. The molecule has 9 rings (SSSR count). The van der Waals surface area contributed by atoms with E-state index < -0.39 is 0 Å². The van der Waals surface area contributed by atoms with Gasteiger partial charge in [0.2, 0.25) is 17.6 Å². The number of ketones is 1. The summed E-state index contributed by atoms with van der Waals surface area (Å²) in [5.74, 6) is -1.25. The number of carbonyl (C=O) groups excluding carboxylic acids is 3. The molecule has 0 aliphatic heterocycles. The Hall–Kier alpha value is -7.97. The van der Waals surface area contributed by atoms with Gasteiger partial charge < -0.3 is 25.5 Å². The Morgan fingerprint density at radius 3 is 1.53 bits per heavy atom. The number of benzene rings is 7. The molecule has 76 heavy (non-hydrogen) atoms. The molecular weight excluding hydrogens is 937 g/mol. The van der Waals surface area contributed by atoms with Gasteiger partial charge in [-0.2, -0.15) is 0 Å². The van der Waals surface area contributed by atoms with Crippen LogP contribution >= 0.6 is 0 Å². The monoisotopic (exact) mass is 1010 g/mol. The normalized spacial score (nSPS) is 15.4. The molecule has 3 N–H and O–H groups in total. The highest BCUT2D eigenvalue weighted by atomic mass is 16.3. The van der Waals surface area contributed by atoms with Crippen LogP contribution in [0.25, 0.3) is 34.1 Å². The predicted molar refractivity (Wildman–Crippen MR) is 317 cm³/mol. The second-order valence-electron chi connectivity index (χ2n) is 20.9. The Labute approximate surface area is 449 Å². The van der Waals surface area contributed by atoms with E-state index in [1.54, 1.807) is 0 Å². The number of aliphatic hydroxyl groups excluding tert-OH is 1. The molecule has 8 nitrogen and oxygen atoms in total. The van der Waals surface area contributed by atoms with Gasteiger partial charge in [0.1, 0.15) is 5.76 Å². The lowest BCUT2D eigenvalue weighted by molar-refractivity contribution is -0.121. The number of nitrogens with zero attached hydrogens (tertiary/aromatic N) is 2. The molecule has 0 saturated heterocycles. The number of allylic oxidation sites excluding steroid dienone is 2. The molecule has 0 bridgehead atoms. The first-order valence-corrected chi connectivity index (χ1v) is 27.4. The van der Waals surface area contributed by atoms with Gasteiger partial charge in [-0.1, -0.05) is 142 Å². The van der Waals surface area contributed by atoms with Crippen molar-refractivity contribution in [1.29, 1.82) is 0 Å². The second kappa shape index (κ2) is 23.3. The molecule has 2 aliphatic carbocycles. The number of hydrogen-bond acceptors (Lipinski definition) is 6. The topological polar surface area (TPSA) is 102 Å². The Kier molecular flexibility index (Phi) is 16.2. The van der Waals surface area contributed by atoms with Crippen LogP contribution in [0.4, 0.5) is 39.8 Å². The van der Waals surface area contributed by atoms with Gasteiger partial charge in [-0.05, 0) is 166 Å². The highest BCUT2D eigenvalue weighted by Gasteiger charge is 2.38. The van der Waals surface area contributed by atoms with Crippen molar-refractivity contribution < 1.29 is 19.5 Å². The Bertz CT molecular complexity index is 3390. The lowest BCUT2D eigenvalue weighted by Crippen LogP contribution is -2.35. The van der Waals surface area contributed by atoms with E-state index in [1.807, 2.05) is 44.2 Å². The number of amides is 2. The third kappa shape index (κ3) is 11.2. The number of rotatable bonds is 19. The summed E-state index contributed by atoms with van der Waals surface area (Å²) in [4.78, 5) is 48.1. The lowest BCUT2D eigenvalue weighted by atomic mass is 9.80. The zero-order valence-electron chi connectivity index (χ0n) is 45.5. The first kappa shape index (κ1) is 52.9. The number of anilines is 7. The van der Waals surface area contributed by atoms with Gasteiger partial charge in [0, 0.05) is 62.4 Å². The van der Waals surface area contributed by atoms with E-state index in [2.05, 4.69) is 189 Å². The van der Waals surface area contributed by atoms with Crippen molar-refractivity contribution in [2.45, 2.75) is 113 Å². The Morgan fingerprint density at radius 1 is 0.553 bits per heavy atom. The van der Waals surface area contributed by atoms with E-state index in [9.17, 15) is 14.7 Å². The maximum Gasteiger partial charge on any atom is 0.227 e. The van der Waals surface area contributed by atoms with Crippen LogP contribution in [0.3, 0.4) is 0 Å². The summed E-state index contributed by atoms with van der Waals surface area (Å²) in [6.07, 6.45) is 13.0. The van der Waals surface area contributed by atoms with Crippen molar-refractivity contribution in [2.75, 3.05) is 20.4 Å². The van der Waals surface area contributed by atoms with Crippen molar-refractivity contribution in [1.82, 2.24) is 0 Å². The molecule has 2 amide bonds. The first-order chi connectivity index (χ1) is 36.8. The highest BCUT2D eigenvalue weighted by molar-refractivity contribution is 6.52. The van der Waals surface area contributed by atoms with Gasteiger partial charge in [-0.15, -0.1) is 0 Å². The van der Waals surface area contributed by atoms with Crippen LogP contribution in [0.2, 0.25) is 0 Å². The second-order valence-corrected chi connectivity index (χ2v) is 20.9. The number of nitrogens with one attached hydrogen (secondary N) is 2. The average molecular weight is 1010 g/mol. The molecule has 0 radical (unpaired) electrons. The zero-order valence-corrected chi connectivity index (χ0v) is 45.5. The fraction of sp³-hybridized carbons (Fsp3) is 0.279. The fourth-order valence-electron chi connectivity index (χ4n) is 10.6. The van der Waals surface area contributed by atoms with Crippen LogP contribution in [-0.4, -0.2) is 28.7 Å². The first-order valence-electron chi connectivity index (χ1n) is 27.4. The standard InChI is InChI=1S/C68H72N4O4/c1-9-13-15-47(11-3)67(75)69-61-41-51-37-57(71(53-27-17-43(5)18-28-53)54-29-19-44(6)20-30-54)35-25-49(51)39-59(61)63-65(73)64(66(63)74)60-40-50-26-36-58(38-52(50)42-62(60)70-68(76)48(12-4)16-14-10-2)72(55-31-21-45(7)22-32-55)56-33-23-46(8)24-34-56/h17-42,47-48,57,73H,9-16H2,1-8H3,(H,69,75)(H,70,76). The minimum atomic E-state index is -0.369. The van der Waals surface area contributed by atoms with Crippen molar-refractivity contribution in [2.24, 2.45) is 11.8 Å². The van der Waals surface area contributed by atoms with Gasteiger partial charge in [-0.25, -0.2) is 0 Å². The fourth-order valence-corrected chi connectivity index (χ4v) is 10.6. The summed E-state index contributed by atoms with van der Waals surface area (Å²) in [5, 5.41) is 22.0. The van der Waals surface area contributed by atoms with E-state index >= 15 is 4.79 Å². The molecule has 388 valence electrons. The Balaban J connectivity index is 1.19. The number of aliphatic hydroxyl groups is 1. The molecule has 2 aliphatic rings. The zero-order chi connectivity index (χ0) is 53.6. The van der Waals surface area contributed by atoms with Gasteiger partial charge in [0.15, 0.2) is 0 Å². The van der Waals surface area contributed by atoms with Gasteiger partial charge in [0.25, 0.3) is 0 Å². The van der Waals surface area contributed by atoms with Crippen molar-refractivity contribution in [3.63, 3.8) is 0 Å². The highest BCUT2D eigenvalue weighted by Crippen LogP contribution is 2.44. The molecule has 8 heteroatoms. The molecule has 7 aromatic carbocycles. The summed E-state index contributed by atoms with van der Waals surface area (Å²) >= 11 is 0. The molecule has 0 saturated carbocycles. The van der Waals surface area contributed by atoms with Gasteiger partial charge in [0.05, 0.1) is 17.2 Å². The molecule has 0 fully saturated rings. The van der Waals surface area contributed by atoms with Gasteiger partial charge in [-0.3, -0.25) is 14.4 Å². The van der Waals surface area contributed by atoms with Crippen LogP contribution in [-0.2, 0) is 14.4 Å². The van der Waals surface area contributed by atoms with Crippen molar-refractivity contribution in [3.05, 3.63) is 195 Å². The summed E-state index contributed by atoms with van der Waals surface area (Å²) in [6, 6.07) is 47.7. The van der Waals surface area contributed by atoms with E-state index in [4.69, 9.17) is 0 Å². The van der Waals surface area contributed by atoms with E-state index in [-0.39, 0.29) is 52.4 Å². The molecular formula is C68H72N4O4. The summed E-state index contributed by atoms with van der Waals surface area (Å²) in [7, 11) is 0. The summed E-state index contributed by atoms with van der Waals surface area (Å²) in [6.45, 7) is 16.6. The molecule has 3 atom stereocenters. The van der Waals surface area contributed by atoms with E-state index in [0.29, 0.717) is 35.0 Å². The molecule has 0 aromatic heterocycles. The molecule has 3 unspecified atom stereocenters. The average Bonchev–Trinajstić information content (AvgIpc) is 3.49. The van der Waals surface area contributed by atoms with E-state index in [1.165, 1.54) is 11.1 Å². The third-order valence-corrected chi connectivity index (χ3v) is 15.3. The van der Waals surface area contributed by atoms with Crippen LogP contribution < -0.4 is 30.9 Å². The maximum atomic E-state index is 15.1. The third-order valence-electron chi connectivity index (χ3n) is 15.3. The largest absolute Gasteiger partial charge is 0.506 e. The van der Waals surface area contributed by atoms with E-state index in [0.717, 1.165) is 99.6 Å². The number of fused-ring (bicyclic) bond motifs is 2. The lowest BCUT2D eigenvalue weighted by Gasteiger charge is -2.32. The minimum Gasteiger partial charge on any atom is -0.506 e. The van der Waals surface area contributed by atoms with Crippen LogP contribution in [0, 0.1) is 39.5 Å².